The molecule has 0 radical (unpaired) electrons. The van der Waals surface area contributed by atoms with E-state index < -0.39 is 5.92 Å². The molecule has 1 saturated heterocycles. The van der Waals surface area contributed by atoms with E-state index in [2.05, 4.69) is 15.6 Å². The molecule has 3 aromatic rings. The van der Waals surface area contributed by atoms with Gasteiger partial charge in [-0.3, -0.25) is 9.59 Å². The van der Waals surface area contributed by atoms with Crippen molar-refractivity contribution < 1.29 is 9.59 Å². The summed E-state index contributed by atoms with van der Waals surface area (Å²) in [6.45, 7) is 1.48. The fraction of sp³-hybridized carbons (Fsp3) is 0.263. The fourth-order valence-electron chi connectivity index (χ4n) is 3.28. The lowest BCUT2D eigenvalue weighted by Crippen LogP contribution is -2.38. The Morgan fingerprint density at radius 2 is 1.88 bits per heavy atom. The monoisotopic (exact) mass is 349 g/mol. The van der Waals surface area contributed by atoms with Crippen LogP contribution in [0.3, 0.4) is 0 Å². The quantitative estimate of drug-likeness (QED) is 0.710. The minimum absolute atomic E-state index is 0.139. The summed E-state index contributed by atoms with van der Waals surface area (Å²) in [5, 5.41) is 11.0. The Morgan fingerprint density at radius 3 is 2.73 bits per heavy atom. The van der Waals surface area contributed by atoms with Crippen LogP contribution in [-0.2, 0) is 16.1 Å². The maximum absolute atomic E-state index is 12.6. The number of nitrogens with zero attached hydrogens (tertiary/aromatic N) is 4. The lowest BCUT2D eigenvalue weighted by Gasteiger charge is -2.16. The van der Waals surface area contributed by atoms with Gasteiger partial charge < -0.3 is 10.2 Å². The number of para-hydroxylation sites is 2. The lowest BCUT2D eigenvalue weighted by molar-refractivity contribution is -0.132. The highest BCUT2D eigenvalue weighted by molar-refractivity contribution is 6.09. The number of fused-ring (bicyclic) bond motifs is 1. The third kappa shape index (κ3) is 3.03. The van der Waals surface area contributed by atoms with Gasteiger partial charge in [-0.05, 0) is 30.7 Å². The highest BCUT2D eigenvalue weighted by Gasteiger charge is 2.37. The molecule has 0 bridgehead atoms. The van der Waals surface area contributed by atoms with Crippen LogP contribution in [0.25, 0.3) is 11.0 Å². The number of carbonyl (C=O) groups excluding carboxylic acids is 2. The minimum atomic E-state index is -0.623. The number of carbonyl (C=O) groups is 2. The summed E-state index contributed by atoms with van der Waals surface area (Å²) in [6, 6.07) is 17.1. The summed E-state index contributed by atoms with van der Waals surface area (Å²) in [4.78, 5) is 26.6. The summed E-state index contributed by atoms with van der Waals surface area (Å²) in [6.07, 6.45) is 0.534. The van der Waals surface area contributed by atoms with Crippen LogP contribution in [0.5, 0.6) is 0 Å². The molecule has 1 aromatic heterocycles. The molecule has 1 atom stereocenters. The van der Waals surface area contributed by atoms with Gasteiger partial charge in [-0.1, -0.05) is 35.5 Å². The van der Waals surface area contributed by atoms with Crippen LogP contribution in [0.4, 0.5) is 5.69 Å². The molecule has 4 rings (SSSR count). The second-order valence-electron chi connectivity index (χ2n) is 6.26. The number of rotatable bonds is 5. The minimum Gasteiger partial charge on any atom is -0.354 e. The first-order chi connectivity index (χ1) is 12.7. The fourth-order valence-corrected chi connectivity index (χ4v) is 3.28. The molecule has 1 aliphatic heterocycles. The average Bonchev–Trinajstić information content (AvgIpc) is 3.26. The van der Waals surface area contributed by atoms with Crippen molar-refractivity contribution in [2.24, 2.45) is 5.92 Å². The van der Waals surface area contributed by atoms with Crippen molar-refractivity contribution in [2.75, 3.05) is 18.0 Å². The van der Waals surface area contributed by atoms with Gasteiger partial charge in [0, 0.05) is 18.8 Å². The Labute approximate surface area is 150 Å². The van der Waals surface area contributed by atoms with Crippen LogP contribution in [0.2, 0.25) is 0 Å². The molecule has 2 amide bonds. The molecule has 132 valence electrons. The van der Waals surface area contributed by atoms with Crippen molar-refractivity contribution in [1.29, 1.82) is 0 Å². The van der Waals surface area contributed by atoms with Gasteiger partial charge in [-0.2, -0.15) is 0 Å². The molecular formula is C19H19N5O2. The molecule has 7 nitrogen and oxygen atoms in total. The first kappa shape index (κ1) is 16.3. The molecule has 0 unspecified atom stereocenters. The maximum Gasteiger partial charge on any atom is 0.239 e. The number of aromatic nitrogens is 3. The smallest absolute Gasteiger partial charge is 0.239 e. The Kier molecular flexibility index (Phi) is 4.35. The molecule has 2 heterocycles. The van der Waals surface area contributed by atoms with E-state index in [-0.39, 0.29) is 11.8 Å². The van der Waals surface area contributed by atoms with Crippen molar-refractivity contribution in [3.8, 4) is 0 Å². The van der Waals surface area contributed by atoms with Crippen LogP contribution in [0, 0.1) is 5.92 Å². The van der Waals surface area contributed by atoms with Crippen LogP contribution >= 0.6 is 0 Å². The van der Waals surface area contributed by atoms with Gasteiger partial charge in [0.05, 0.1) is 12.1 Å². The van der Waals surface area contributed by atoms with Gasteiger partial charge in [0.2, 0.25) is 11.8 Å². The molecule has 1 N–H and O–H groups in total. The zero-order chi connectivity index (χ0) is 17.9. The number of anilines is 1. The number of nitrogens with one attached hydrogen (secondary N) is 1. The lowest BCUT2D eigenvalue weighted by atomic mass is 10.1. The van der Waals surface area contributed by atoms with Gasteiger partial charge in [-0.15, -0.1) is 5.10 Å². The van der Waals surface area contributed by atoms with Gasteiger partial charge in [-0.25, -0.2) is 4.68 Å². The third-order valence-corrected chi connectivity index (χ3v) is 4.63. The Balaban J connectivity index is 1.35. The van der Waals surface area contributed by atoms with Crippen molar-refractivity contribution in [3.63, 3.8) is 0 Å². The summed E-state index contributed by atoms with van der Waals surface area (Å²) in [7, 11) is 0. The van der Waals surface area contributed by atoms with Crippen molar-refractivity contribution in [3.05, 3.63) is 54.6 Å². The number of benzene rings is 2. The second-order valence-corrected chi connectivity index (χ2v) is 6.26. The van der Waals surface area contributed by atoms with Gasteiger partial charge in [0.25, 0.3) is 0 Å². The van der Waals surface area contributed by atoms with Crippen LogP contribution in [-0.4, -0.2) is 39.9 Å². The summed E-state index contributed by atoms with van der Waals surface area (Å²) in [5.41, 5.74) is 2.58. The normalized spacial score (nSPS) is 17.0. The molecular weight excluding hydrogens is 330 g/mol. The zero-order valence-electron chi connectivity index (χ0n) is 14.2. The summed E-state index contributed by atoms with van der Waals surface area (Å²) < 4.78 is 1.75. The van der Waals surface area contributed by atoms with Gasteiger partial charge >= 0.3 is 0 Å². The zero-order valence-corrected chi connectivity index (χ0v) is 14.2. The average molecular weight is 349 g/mol. The molecule has 1 aliphatic rings. The molecule has 2 aromatic carbocycles. The first-order valence-electron chi connectivity index (χ1n) is 8.66. The SMILES string of the molecule is O=C(NCCn1nnc2ccccc21)[C@@H]1CCN(c2ccccc2)C1=O. The van der Waals surface area contributed by atoms with Crippen molar-refractivity contribution in [1.82, 2.24) is 20.3 Å². The number of hydrogen-bond donors (Lipinski definition) is 1. The summed E-state index contributed by atoms with van der Waals surface area (Å²) >= 11 is 0. The van der Waals surface area contributed by atoms with E-state index in [1.807, 2.05) is 54.6 Å². The van der Waals surface area contributed by atoms with Gasteiger partial charge in [0.15, 0.2) is 0 Å². The van der Waals surface area contributed by atoms with E-state index >= 15 is 0 Å². The topological polar surface area (TPSA) is 80.1 Å². The van der Waals surface area contributed by atoms with Crippen LogP contribution < -0.4 is 10.2 Å². The Bertz CT molecular complexity index is 937. The molecule has 7 heteroatoms. The highest BCUT2D eigenvalue weighted by Crippen LogP contribution is 2.25. The summed E-state index contributed by atoms with van der Waals surface area (Å²) in [5.74, 6) is -0.986. The van der Waals surface area contributed by atoms with E-state index in [0.717, 1.165) is 16.7 Å². The van der Waals surface area contributed by atoms with E-state index in [9.17, 15) is 9.59 Å². The number of hydrogen-bond acceptors (Lipinski definition) is 4. The van der Waals surface area contributed by atoms with Crippen molar-refractivity contribution >= 4 is 28.5 Å². The van der Waals surface area contributed by atoms with E-state index in [1.165, 1.54) is 0 Å². The predicted octanol–water partition coefficient (Wildman–Crippen LogP) is 1.60. The third-order valence-electron chi connectivity index (χ3n) is 4.63. The highest BCUT2D eigenvalue weighted by atomic mass is 16.2. The van der Waals surface area contributed by atoms with E-state index in [1.54, 1.807) is 9.58 Å². The van der Waals surface area contributed by atoms with Gasteiger partial charge in [0.1, 0.15) is 11.4 Å². The maximum atomic E-state index is 12.6. The molecule has 0 spiro atoms. The second kappa shape index (κ2) is 6.95. The molecule has 0 saturated carbocycles. The largest absolute Gasteiger partial charge is 0.354 e. The Morgan fingerprint density at radius 1 is 1.12 bits per heavy atom. The van der Waals surface area contributed by atoms with E-state index in [0.29, 0.717) is 26.1 Å². The van der Waals surface area contributed by atoms with Crippen LogP contribution in [0.15, 0.2) is 54.6 Å². The van der Waals surface area contributed by atoms with Crippen LogP contribution in [0.1, 0.15) is 6.42 Å². The standard InChI is InChI=1S/C19H19N5O2/c25-18(15-10-12-23(19(15)26)14-6-2-1-3-7-14)20-11-13-24-17-9-5-4-8-16(17)21-22-24/h1-9,15H,10-13H2,(H,20,25)/t15-/m0/s1. The number of amides is 2. The Hall–Kier alpha value is -3.22. The molecule has 1 fully saturated rings. The molecule has 26 heavy (non-hydrogen) atoms. The predicted molar refractivity (Wildman–Crippen MR) is 97.4 cm³/mol. The molecule has 0 aliphatic carbocycles. The van der Waals surface area contributed by atoms with Crippen molar-refractivity contribution in [2.45, 2.75) is 13.0 Å². The first-order valence-corrected chi connectivity index (χ1v) is 8.66. The van der Waals surface area contributed by atoms with E-state index in [4.69, 9.17) is 0 Å².